The largest absolute Gasteiger partial charge is 0.481 e. The molecule has 1 saturated heterocycles. The molecule has 1 amide bonds. The quantitative estimate of drug-likeness (QED) is 0.668. The molecule has 1 aliphatic rings. The van der Waals surface area contributed by atoms with Crippen LogP contribution >= 0.6 is 0 Å². The number of hydrogen-bond donors (Lipinski definition) is 2. The van der Waals surface area contributed by atoms with Crippen LogP contribution in [0, 0.1) is 5.92 Å². The number of hydrogen-bond acceptors (Lipinski definition) is 4. The van der Waals surface area contributed by atoms with Crippen LogP contribution in [-0.4, -0.2) is 61.3 Å². The van der Waals surface area contributed by atoms with Gasteiger partial charge in [-0.3, -0.25) is 14.5 Å². The van der Waals surface area contributed by atoms with Crippen molar-refractivity contribution in [3.05, 3.63) is 0 Å². The van der Waals surface area contributed by atoms with Gasteiger partial charge in [0, 0.05) is 26.1 Å². The van der Waals surface area contributed by atoms with Crippen molar-refractivity contribution in [2.45, 2.75) is 25.8 Å². The van der Waals surface area contributed by atoms with E-state index in [9.17, 15) is 9.59 Å². The van der Waals surface area contributed by atoms with Crippen LogP contribution in [0.15, 0.2) is 0 Å². The molecule has 6 heteroatoms. The third kappa shape index (κ3) is 3.96. The third-order valence-electron chi connectivity index (χ3n) is 3.25. The van der Waals surface area contributed by atoms with Gasteiger partial charge < -0.3 is 15.2 Å². The van der Waals surface area contributed by atoms with E-state index in [0.717, 1.165) is 13.0 Å². The Labute approximate surface area is 107 Å². The van der Waals surface area contributed by atoms with Crippen molar-refractivity contribution in [3.8, 4) is 0 Å². The van der Waals surface area contributed by atoms with E-state index in [0.29, 0.717) is 19.6 Å². The lowest BCUT2D eigenvalue weighted by molar-refractivity contribution is -0.143. The van der Waals surface area contributed by atoms with Crippen LogP contribution in [0.5, 0.6) is 0 Å². The Morgan fingerprint density at radius 3 is 2.67 bits per heavy atom. The van der Waals surface area contributed by atoms with Gasteiger partial charge in [0.05, 0.1) is 19.1 Å². The Balaban J connectivity index is 2.59. The number of aliphatic carboxylic acids is 1. The van der Waals surface area contributed by atoms with Crippen LogP contribution in [0.25, 0.3) is 0 Å². The second kappa shape index (κ2) is 7.33. The Morgan fingerprint density at radius 1 is 1.39 bits per heavy atom. The van der Waals surface area contributed by atoms with E-state index in [-0.39, 0.29) is 18.6 Å². The van der Waals surface area contributed by atoms with E-state index in [2.05, 4.69) is 10.2 Å². The van der Waals surface area contributed by atoms with Crippen molar-refractivity contribution in [1.82, 2.24) is 10.2 Å². The van der Waals surface area contributed by atoms with E-state index in [1.807, 2.05) is 6.92 Å². The lowest BCUT2D eigenvalue weighted by Crippen LogP contribution is -2.44. The standard InChI is InChI=1S/C12H22N2O4/c1-3-5-14(6-4-11(15)13-2)10-8-18-7-9(10)12(16)17/h9-10H,3-8H2,1-2H3,(H,13,15)(H,16,17). The van der Waals surface area contributed by atoms with Crippen LogP contribution in [0.3, 0.4) is 0 Å². The monoisotopic (exact) mass is 258 g/mol. The molecule has 1 aliphatic heterocycles. The average molecular weight is 258 g/mol. The first-order valence-corrected chi connectivity index (χ1v) is 6.35. The molecule has 2 N–H and O–H groups in total. The van der Waals surface area contributed by atoms with Gasteiger partial charge in [-0.05, 0) is 13.0 Å². The first kappa shape index (κ1) is 14.9. The zero-order valence-electron chi connectivity index (χ0n) is 11.0. The summed E-state index contributed by atoms with van der Waals surface area (Å²) in [7, 11) is 1.60. The molecule has 1 heterocycles. The number of carbonyl (C=O) groups excluding carboxylic acids is 1. The number of carbonyl (C=O) groups is 2. The van der Waals surface area contributed by atoms with E-state index in [4.69, 9.17) is 9.84 Å². The number of amides is 1. The van der Waals surface area contributed by atoms with Gasteiger partial charge in [-0.1, -0.05) is 6.92 Å². The summed E-state index contributed by atoms with van der Waals surface area (Å²) in [5.74, 6) is -1.33. The number of carboxylic acids is 1. The van der Waals surface area contributed by atoms with Crippen molar-refractivity contribution < 1.29 is 19.4 Å². The van der Waals surface area contributed by atoms with Gasteiger partial charge in [-0.25, -0.2) is 0 Å². The Kier molecular flexibility index (Phi) is 6.07. The van der Waals surface area contributed by atoms with Crippen molar-refractivity contribution in [2.24, 2.45) is 5.92 Å². The molecule has 18 heavy (non-hydrogen) atoms. The molecule has 0 aliphatic carbocycles. The lowest BCUT2D eigenvalue weighted by Gasteiger charge is -2.29. The highest BCUT2D eigenvalue weighted by molar-refractivity contribution is 5.75. The summed E-state index contributed by atoms with van der Waals surface area (Å²) < 4.78 is 5.27. The second-order valence-electron chi connectivity index (χ2n) is 4.51. The maximum Gasteiger partial charge on any atom is 0.310 e. The first-order chi connectivity index (χ1) is 8.60. The molecule has 0 radical (unpaired) electrons. The first-order valence-electron chi connectivity index (χ1n) is 6.35. The molecule has 6 nitrogen and oxygen atoms in total. The molecule has 0 bridgehead atoms. The smallest absolute Gasteiger partial charge is 0.310 e. The summed E-state index contributed by atoms with van der Waals surface area (Å²) in [5, 5.41) is 11.7. The number of carboxylic acid groups (broad SMARTS) is 1. The van der Waals surface area contributed by atoms with Gasteiger partial charge >= 0.3 is 5.97 Å². The fourth-order valence-electron chi connectivity index (χ4n) is 2.24. The highest BCUT2D eigenvalue weighted by Crippen LogP contribution is 2.20. The fraction of sp³-hybridized carbons (Fsp3) is 0.833. The van der Waals surface area contributed by atoms with Gasteiger partial charge in [0.15, 0.2) is 0 Å². The number of rotatable bonds is 7. The third-order valence-corrected chi connectivity index (χ3v) is 3.25. The zero-order valence-corrected chi connectivity index (χ0v) is 11.0. The molecule has 2 unspecified atom stereocenters. The summed E-state index contributed by atoms with van der Waals surface area (Å²) in [6.45, 7) is 4.10. The van der Waals surface area contributed by atoms with Gasteiger partial charge in [0.2, 0.25) is 5.91 Å². The molecule has 104 valence electrons. The summed E-state index contributed by atoms with van der Waals surface area (Å²) in [5.41, 5.74) is 0. The molecule has 0 aromatic heterocycles. The number of nitrogens with zero attached hydrogens (tertiary/aromatic N) is 1. The summed E-state index contributed by atoms with van der Waals surface area (Å²) in [6, 6.07) is -0.118. The zero-order chi connectivity index (χ0) is 13.5. The van der Waals surface area contributed by atoms with E-state index in [1.54, 1.807) is 7.05 Å². The lowest BCUT2D eigenvalue weighted by atomic mass is 10.0. The van der Waals surface area contributed by atoms with Crippen LogP contribution in [-0.2, 0) is 14.3 Å². The van der Waals surface area contributed by atoms with Crippen molar-refractivity contribution in [2.75, 3.05) is 33.4 Å². The van der Waals surface area contributed by atoms with E-state index in [1.165, 1.54) is 0 Å². The van der Waals surface area contributed by atoms with Gasteiger partial charge in [0.1, 0.15) is 0 Å². The SMILES string of the molecule is CCCN(CCC(=O)NC)C1COCC1C(=O)O. The van der Waals surface area contributed by atoms with Crippen molar-refractivity contribution in [1.29, 1.82) is 0 Å². The minimum Gasteiger partial charge on any atom is -0.481 e. The maximum absolute atomic E-state index is 11.3. The van der Waals surface area contributed by atoms with Crippen LogP contribution in [0.1, 0.15) is 19.8 Å². The number of nitrogens with one attached hydrogen (secondary N) is 1. The molecule has 0 spiro atoms. The molecule has 1 fully saturated rings. The van der Waals surface area contributed by atoms with Gasteiger partial charge in [-0.2, -0.15) is 0 Å². The second-order valence-corrected chi connectivity index (χ2v) is 4.51. The maximum atomic E-state index is 11.3. The average Bonchev–Trinajstić information content (AvgIpc) is 2.83. The van der Waals surface area contributed by atoms with E-state index < -0.39 is 11.9 Å². The summed E-state index contributed by atoms with van der Waals surface area (Å²) in [4.78, 5) is 24.5. The van der Waals surface area contributed by atoms with Crippen molar-refractivity contribution in [3.63, 3.8) is 0 Å². The van der Waals surface area contributed by atoms with Crippen molar-refractivity contribution >= 4 is 11.9 Å². The molecule has 2 atom stereocenters. The normalized spacial score (nSPS) is 23.3. The van der Waals surface area contributed by atoms with Gasteiger partial charge in [-0.15, -0.1) is 0 Å². The summed E-state index contributed by atoms with van der Waals surface area (Å²) >= 11 is 0. The Morgan fingerprint density at radius 2 is 2.11 bits per heavy atom. The molecule has 1 rings (SSSR count). The van der Waals surface area contributed by atoms with Gasteiger partial charge in [0.25, 0.3) is 0 Å². The molecule has 0 saturated carbocycles. The number of ether oxygens (including phenoxy) is 1. The highest BCUT2D eigenvalue weighted by Gasteiger charge is 2.37. The predicted octanol–water partition coefficient (Wildman–Crippen LogP) is -0.0659. The van der Waals surface area contributed by atoms with E-state index >= 15 is 0 Å². The molecular formula is C12H22N2O4. The van der Waals surface area contributed by atoms with Crippen LogP contribution in [0.4, 0.5) is 0 Å². The van der Waals surface area contributed by atoms with Crippen LogP contribution < -0.4 is 5.32 Å². The topological polar surface area (TPSA) is 78.9 Å². The summed E-state index contributed by atoms with van der Waals surface area (Å²) in [6.07, 6.45) is 1.32. The minimum atomic E-state index is -0.821. The Bertz CT molecular complexity index is 296. The molecule has 0 aromatic rings. The molecular weight excluding hydrogens is 236 g/mol. The molecule has 0 aromatic carbocycles. The minimum absolute atomic E-state index is 0.0260. The predicted molar refractivity (Wildman–Crippen MR) is 66.3 cm³/mol. The fourth-order valence-corrected chi connectivity index (χ4v) is 2.24. The van der Waals surface area contributed by atoms with Crippen LogP contribution in [0.2, 0.25) is 0 Å². The highest BCUT2D eigenvalue weighted by atomic mass is 16.5. The Hall–Kier alpha value is -1.14.